The van der Waals surface area contributed by atoms with Crippen LogP contribution in [-0.2, 0) is 11.3 Å². The minimum atomic E-state index is -0.362. The van der Waals surface area contributed by atoms with Gasteiger partial charge in [0, 0.05) is 11.6 Å². The number of rotatable bonds is 7. The van der Waals surface area contributed by atoms with Crippen LogP contribution in [0.2, 0.25) is 5.02 Å². The molecule has 0 aliphatic rings. The molecule has 2 rings (SSSR count). The van der Waals surface area contributed by atoms with Crippen LogP contribution < -0.4 is 15.4 Å². The number of hydrogen-bond donors (Lipinski definition) is 2. The Labute approximate surface area is 163 Å². The number of carbonyl (C=O) groups excluding carboxylic acids is 2. The fraction of sp³-hybridized carbons (Fsp3) is 0.300. The van der Waals surface area contributed by atoms with Crippen LogP contribution in [0.25, 0.3) is 0 Å². The molecule has 2 N–H and O–H groups in total. The topological polar surface area (TPSA) is 76.7 Å². The van der Waals surface area contributed by atoms with Gasteiger partial charge in [0.15, 0.2) is 6.73 Å². The van der Waals surface area contributed by atoms with Crippen molar-refractivity contribution in [3.8, 4) is 5.75 Å². The number of esters is 1. The molecule has 0 radical (unpaired) electrons. The van der Waals surface area contributed by atoms with Gasteiger partial charge >= 0.3 is 12.0 Å². The van der Waals surface area contributed by atoms with Crippen molar-refractivity contribution < 1.29 is 19.1 Å². The van der Waals surface area contributed by atoms with E-state index in [1.165, 1.54) is 0 Å². The second-order valence-electron chi connectivity index (χ2n) is 5.94. The van der Waals surface area contributed by atoms with E-state index in [-0.39, 0.29) is 18.7 Å². The van der Waals surface area contributed by atoms with E-state index in [9.17, 15) is 9.59 Å². The van der Waals surface area contributed by atoms with Crippen molar-refractivity contribution in [1.29, 1.82) is 0 Å². The van der Waals surface area contributed by atoms with Gasteiger partial charge in [0.05, 0.1) is 12.2 Å². The number of aryl methyl sites for hydroxylation is 2. The summed E-state index contributed by atoms with van der Waals surface area (Å²) in [6, 6.07) is 10.2. The fourth-order valence-corrected chi connectivity index (χ4v) is 2.50. The Morgan fingerprint density at radius 1 is 1.04 bits per heavy atom. The lowest BCUT2D eigenvalue weighted by atomic mass is 10.1. The van der Waals surface area contributed by atoms with Crippen molar-refractivity contribution in [3.63, 3.8) is 0 Å². The van der Waals surface area contributed by atoms with Crippen molar-refractivity contribution in [3.05, 3.63) is 63.7 Å². The zero-order valence-corrected chi connectivity index (χ0v) is 16.4. The summed E-state index contributed by atoms with van der Waals surface area (Å²) in [5.74, 6) is 0.281. The maximum atomic E-state index is 11.9. The number of nitrogens with one attached hydrogen (secondary N) is 2. The van der Waals surface area contributed by atoms with Crippen molar-refractivity contribution in [2.45, 2.75) is 27.3 Å². The quantitative estimate of drug-likeness (QED) is 0.554. The second-order valence-corrected chi connectivity index (χ2v) is 6.31. The number of carbonyl (C=O) groups is 2. The van der Waals surface area contributed by atoms with Crippen LogP contribution in [0, 0.1) is 13.8 Å². The van der Waals surface area contributed by atoms with Gasteiger partial charge in [0.2, 0.25) is 0 Å². The zero-order valence-electron chi connectivity index (χ0n) is 15.6. The molecule has 0 heterocycles. The minimum absolute atomic E-state index is 0.0359. The number of amides is 2. The first-order valence-electron chi connectivity index (χ1n) is 8.58. The van der Waals surface area contributed by atoms with Crippen molar-refractivity contribution in [2.24, 2.45) is 0 Å². The molecule has 2 aromatic carbocycles. The van der Waals surface area contributed by atoms with Crippen molar-refractivity contribution in [1.82, 2.24) is 10.6 Å². The van der Waals surface area contributed by atoms with E-state index < -0.39 is 0 Å². The van der Waals surface area contributed by atoms with Gasteiger partial charge in [-0.25, -0.2) is 9.59 Å². The van der Waals surface area contributed by atoms with Gasteiger partial charge in [-0.15, -0.1) is 0 Å². The maximum Gasteiger partial charge on any atom is 0.338 e. The van der Waals surface area contributed by atoms with Crippen LogP contribution in [0.1, 0.15) is 34.0 Å². The Kier molecular flexibility index (Phi) is 7.49. The van der Waals surface area contributed by atoms with Gasteiger partial charge < -0.3 is 20.1 Å². The van der Waals surface area contributed by atoms with Crippen molar-refractivity contribution >= 4 is 23.6 Å². The Bertz CT molecular complexity index is 783. The third-order valence-electron chi connectivity index (χ3n) is 3.80. The van der Waals surface area contributed by atoms with Crippen LogP contribution in [0.5, 0.6) is 5.75 Å². The van der Waals surface area contributed by atoms with E-state index in [0.29, 0.717) is 29.5 Å². The van der Waals surface area contributed by atoms with Crippen LogP contribution in [0.3, 0.4) is 0 Å². The standard InChI is InChI=1S/C20H23ClN2O4/c1-4-26-19(24)16-7-5-15(6-8-16)11-22-20(25)23-12-27-17-9-13(2)18(21)14(3)10-17/h5-10H,4,11-12H2,1-3H3,(H2,22,23,25). The highest BCUT2D eigenvalue weighted by Crippen LogP contribution is 2.25. The number of hydrogen-bond acceptors (Lipinski definition) is 4. The summed E-state index contributed by atoms with van der Waals surface area (Å²) in [6.45, 7) is 6.25. The zero-order chi connectivity index (χ0) is 19.8. The van der Waals surface area contributed by atoms with E-state index in [2.05, 4.69) is 10.6 Å². The first kappa shape index (κ1) is 20.6. The summed E-state index contributed by atoms with van der Waals surface area (Å²) < 4.78 is 10.5. The number of ether oxygens (including phenoxy) is 2. The molecule has 0 fully saturated rings. The summed E-state index contributed by atoms with van der Waals surface area (Å²) >= 11 is 6.12. The van der Waals surface area contributed by atoms with Crippen LogP contribution in [-0.4, -0.2) is 25.3 Å². The van der Waals surface area contributed by atoms with Gasteiger partial charge in [-0.2, -0.15) is 0 Å². The molecule has 2 aromatic rings. The summed E-state index contributed by atoms with van der Waals surface area (Å²) in [6.07, 6.45) is 0. The molecule has 144 valence electrons. The SMILES string of the molecule is CCOC(=O)c1ccc(CNC(=O)NCOc2cc(C)c(Cl)c(C)c2)cc1. The number of halogens is 1. The Morgan fingerprint density at radius 2 is 1.67 bits per heavy atom. The van der Waals surface area contributed by atoms with Crippen LogP contribution >= 0.6 is 11.6 Å². The van der Waals surface area contributed by atoms with Crippen LogP contribution in [0.4, 0.5) is 4.79 Å². The molecule has 0 saturated carbocycles. The smallest absolute Gasteiger partial charge is 0.338 e. The highest BCUT2D eigenvalue weighted by Gasteiger charge is 2.07. The van der Waals surface area contributed by atoms with Crippen molar-refractivity contribution in [2.75, 3.05) is 13.3 Å². The second kappa shape index (κ2) is 9.83. The molecule has 7 heteroatoms. The number of benzene rings is 2. The average molecular weight is 391 g/mol. The highest BCUT2D eigenvalue weighted by molar-refractivity contribution is 6.32. The van der Waals surface area contributed by atoms with E-state index >= 15 is 0 Å². The molecular weight excluding hydrogens is 368 g/mol. The molecule has 0 bridgehead atoms. The first-order valence-corrected chi connectivity index (χ1v) is 8.95. The Morgan fingerprint density at radius 3 is 2.26 bits per heavy atom. The lowest BCUT2D eigenvalue weighted by Crippen LogP contribution is -2.37. The lowest BCUT2D eigenvalue weighted by Gasteiger charge is -2.11. The monoisotopic (exact) mass is 390 g/mol. The fourth-order valence-electron chi connectivity index (χ4n) is 2.39. The van der Waals surface area contributed by atoms with E-state index in [1.54, 1.807) is 31.2 Å². The molecule has 0 saturated heterocycles. The third kappa shape index (κ3) is 6.18. The summed E-state index contributed by atoms with van der Waals surface area (Å²) in [5.41, 5.74) is 3.18. The molecule has 0 atom stereocenters. The molecule has 0 spiro atoms. The Hall–Kier alpha value is -2.73. The lowest BCUT2D eigenvalue weighted by molar-refractivity contribution is 0.0526. The molecule has 0 unspecified atom stereocenters. The minimum Gasteiger partial charge on any atom is -0.473 e. The van der Waals surface area contributed by atoms with Gasteiger partial charge in [0.25, 0.3) is 0 Å². The Balaban J connectivity index is 1.75. The molecule has 0 aromatic heterocycles. The molecular formula is C20H23ClN2O4. The molecule has 2 amide bonds. The van der Waals surface area contributed by atoms with E-state index in [1.807, 2.05) is 26.0 Å². The number of urea groups is 1. The predicted octanol–water partition coefficient (Wildman–Crippen LogP) is 3.97. The molecule has 27 heavy (non-hydrogen) atoms. The van der Waals surface area contributed by atoms with Gasteiger partial charge in [-0.3, -0.25) is 0 Å². The first-order chi connectivity index (χ1) is 12.9. The molecule has 6 nitrogen and oxygen atoms in total. The molecule has 0 aliphatic carbocycles. The summed E-state index contributed by atoms with van der Waals surface area (Å²) in [7, 11) is 0. The van der Waals surface area contributed by atoms with E-state index in [0.717, 1.165) is 16.7 Å². The normalized spacial score (nSPS) is 10.2. The summed E-state index contributed by atoms with van der Waals surface area (Å²) in [4.78, 5) is 23.5. The largest absolute Gasteiger partial charge is 0.473 e. The maximum absolute atomic E-state index is 11.9. The van der Waals surface area contributed by atoms with E-state index in [4.69, 9.17) is 21.1 Å². The molecule has 0 aliphatic heterocycles. The predicted molar refractivity (Wildman–Crippen MR) is 104 cm³/mol. The highest BCUT2D eigenvalue weighted by atomic mass is 35.5. The van der Waals surface area contributed by atoms with Crippen LogP contribution in [0.15, 0.2) is 36.4 Å². The third-order valence-corrected chi connectivity index (χ3v) is 4.40. The summed E-state index contributed by atoms with van der Waals surface area (Å²) in [5, 5.41) is 6.06. The van der Waals surface area contributed by atoms with Gasteiger partial charge in [-0.05, 0) is 61.7 Å². The van der Waals surface area contributed by atoms with Gasteiger partial charge in [0.1, 0.15) is 5.75 Å². The average Bonchev–Trinajstić information content (AvgIpc) is 2.65. The van der Waals surface area contributed by atoms with Gasteiger partial charge in [-0.1, -0.05) is 23.7 Å².